The first-order valence-corrected chi connectivity index (χ1v) is 13.7. The summed E-state index contributed by atoms with van der Waals surface area (Å²) in [5.74, 6) is -0.643. The van der Waals surface area contributed by atoms with Gasteiger partial charge in [0.2, 0.25) is 0 Å². The maximum atomic E-state index is 12.4. The van der Waals surface area contributed by atoms with Crippen molar-refractivity contribution in [1.29, 1.82) is 0 Å². The fraction of sp³-hybridized carbons (Fsp3) is 0.516. The van der Waals surface area contributed by atoms with Crippen LogP contribution in [0, 0.1) is 5.41 Å². The maximum absolute atomic E-state index is 12.4. The highest BCUT2D eigenvalue weighted by molar-refractivity contribution is 5.96. The molecular formula is C31H44N2O6. The van der Waals surface area contributed by atoms with Crippen molar-refractivity contribution in [2.24, 2.45) is 5.41 Å². The van der Waals surface area contributed by atoms with Crippen LogP contribution in [0.25, 0.3) is 11.1 Å². The highest BCUT2D eigenvalue weighted by Crippen LogP contribution is 2.39. The second-order valence-corrected chi connectivity index (χ2v) is 10.9. The first-order chi connectivity index (χ1) is 18.4. The van der Waals surface area contributed by atoms with Gasteiger partial charge >= 0.3 is 12.1 Å². The van der Waals surface area contributed by atoms with E-state index in [0.29, 0.717) is 18.7 Å². The fourth-order valence-electron chi connectivity index (χ4n) is 4.23. The van der Waals surface area contributed by atoms with Crippen LogP contribution in [0.15, 0.2) is 42.5 Å². The SMILES string of the molecule is CC.CCC1(CCN(C)C(=O)OCC(C)(C)C)CCc2cc(-c3ccc(C(=O)NCC(=O)O)cc3)ccc2O1. The minimum Gasteiger partial charge on any atom is -0.487 e. The summed E-state index contributed by atoms with van der Waals surface area (Å²) in [5.41, 5.74) is 3.10. The van der Waals surface area contributed by atoms with Gasteiger partial charge < -0.3 is 24.8 Å². The second kappa shape index (κ2) is 14.0. The summed E-state index contributed by atoms with van der Waals surface area (Å²) >= 11 is 0. The lowest BCUT2D eigenvalue weighted by Gasteiger charge is -2.39. The molecule has 1 aliphatic rings. The molecule has 1 aliphatic heterocycles. The first kappa shape index (κ1) is 31.7. The number of amides is 2. The van der Waals surface area contributed by atoms with E-state index in [4.69, 9.17) is 14.6 Å². The minimum absolute atomic E-state index is 0.0746. The third-order valence-corrected chi connectivity index (χ3v) is 6.60. The molecule has 1 heterocycles. The molecule has 8 heteroatoms. The summed E-state index contributed by atoms with van der Waals surface area (Å²) in [4.78, 5) is 36.7. The van der Waals surface area contributed by atoms with E-state index in [1.807, 2.05) is 58.9 Å². The van der Waals surface area contributed by atoms with Crippen LogP contribution in [-0.2, 0) is 16.0 Å². The van der Waals surface area contributed by atoms with E-state index in [2.05, 4.69) is 18.3 Å². The Bertz CT molecular complexity index is 1120. The number of hydrogen-bond acceptors (Lipinski definition) is 5. The second-order valence-electron chi connectivity index (χ2n) is 10.9. The number of carbonyl (C=O) groups is 3. The van der Waals surface area contributed by atoms with Gasteiger partial charge in [-0.15, -0.1) is 0 Å². The summed E-state index contributed by atoms with van der Waals surface area (Å²) in [6, 6.07) is 13.2. The van der Waals surface area contributed by atoms with Gasteiger partial charge in [0, 0.05) is 25.6 Å². The van der Waals surface area contributed by atoms with Gasteiger partial charge in [-0.1, -0.05) is 59.7 Å². The van der Waals surface area contributed by atoms with Crippen LogP contribution in [0.4, 0.5) is 4.79 Å². The zero-order chi connectivity index (χ0) is 29.2. The molecule has 2 aromatic rings. The van der Waals surface area contributed by atoms with Crippen LogP contribution < -0.4 is 10.1 Å². The van der Waals surface area contributed by atoms with Crippen LogP contribution in [-0.4, -0.2) is 60.3 Å². The summed E-state index contributed by atoms with van der Waals surface area (Å²) in [7, 11) is 1.76. The van der Waals surface area contributed by atoms with Gasteiger partial charge in [0.05, 0.1) is 6.61 Å². The number of rotatable bonds is 9. The van der Waals surface area contributed by atoms with Crippen LogP contribution in [0.1, 0.15) is 76.7 Å². The molecule has 2 N–H and O–H groups in total. The molecule has 39 heavy (non-hydrogen) atoms. The van der Waals surface area contributed by atoms with Gasteiger partial charge in [-0.3, -0.25) is 9.59 Å². The number of nitrogens with one attached hydrogen (secondary N) is 1. The minimum atomic E-state index is -1.08. The van der Waals surface area contributed by atoms with Gasteiger partial charge in [-0.25, -0.2) is 4.79 Å². The number of fused-ring (bicyclic) bond motifs is 1. The third-order valence-electron chi connectivity index (χ3n) is 6.60. The molecule has 0 fully saturated rings. The van der Waals surface area contributed by atoms with Gasteiger partial charge in [-0.2, -0.15) is 0 Å². The molecule has 0 aliphatic carbocycles. The average molecular weight is 541 g/mol. The number of benzene rings is 2. The highest BCUT2D eigenvalue weighted by Gasteiger charge is 2.35. The highest BCUT2D eigenvalue weighted by atomic mass is 16.6. The number of carboxylic acid groups (broad SMARTS) is 1. The first-order valence-electron chi connectivity index (χ1n) is 13.7. The molecular weight excluding hydrogens is 496 g/mol. The Labute approximate surface area is 232 Å². The summed E-state index contributed by atoms with van der Waals surface area (Å²) < 4.78 is 11.9. The van der Waals surface area contributed by atoms with E-state index >= 15 is 0 Å². The van der Waals surface area contributed by atoms with E-state index in [0.717, 1.165) is 48.1 Å². The number of hydrogen-bond donors (Lipinski definition) is 2. The zero-order valence-corrected chi connectivity index (χ0v) is 24.4. The van der Waals surface area contributed by atoms with Crippen molar-refractivity contribution in [3.63, 3.8) is 0 Å². The Morgan fingerprint density at radius 3 is 2.31 bits per heavy atom. The van der Waals surface area contributed by atoms with E-state index in [9.17, 15) is 14.4 Å². The van der Waals surface area contributed by atoms with Gasteiger partial charge in [-0.05, 0) is 65.6 Å². The van der Waals surface area contributed by atoms with E-state index < -0.39 is 18.4 Å². The lowest BCUT2D eigenvalue weighted by molar-refractivity contribution is -0.135. The Hall–Kier alpha value is -3.55. The van der Waals surface area contributed by atoms with Crippen LogP contribution in [0.3, 0.4) is 0 Å². The molecule has 3 rings (SSSR count). The van der Waals surface area contributed by atoms with Crippen LogP contribution in [0.5, 0.6) is 5.75 Å². The molecule has 0 radical (unpaired) electrons. The monoisotopic (exact) mass is 540 g/mol. The normalized spacial score (nSPS) is 16.1. The van der Waals surface area contributed by atoms with Crippen molar-refractivity contribution in [3.05, 3.63) is 53.6 Å². The summed E-state index contributed by atoms with van der Waals surface area (Å²) in [6.07, 6.45) is 2.97. The smallest absolute Gasteiger partial charge is 0.409 e. The topological polar surface area (TPSA) is 105 Å². The van der Waals surface area contributed by atoms with Crippen molar-refractivity contribution >= 4 is 18.0 Å². The number of aryl methyl sites for hydroxylation is 1. The lowest BCUT2D eigenvalue weighted by Crippen LogP contribution is -2.43. The van der Waals surface area contributed by atoms with E-state index in [1.165, 1.54) is 0 Å². The molecule has 0 spiro atoms. The maximum Gasteiger partial charge on any atom is 0.409 e. The molecule has 0 aromatic heterocycles. The Morgan fingerprint density at radius 1 is 1.08 bits per heavy atom. The van der Waals surface area contributed by atoms with Crippen molar-refractivity contribution in [2.45, 2.75) is 72.8 Å². The molecule has 0 saturated heterocycles. The fourth-order valence-corrected chi connectivity index (χ4v) is 4.23. The van der Waals surface area contributed by atoms with Crippen molar-refractivity contribution in [1.82, 2.24) is 10.2 Å². The molecule has 8 nitrogen and oxygen atoms in total. The molecule has 1 atom stereocenters. The molecule has 2 aromatic carbocycles. The summed E-state index contributed by atoms with van der Waals surface area (Å²) in [6.45, 7) is 12.7. The molecule has 1 unspecified atom stereocenters. The van der Waals surface area contributed by atoms with E-state index in [-0.39, 0.29) is 17.1 Å². The van der Waals surface area contributed by atoms with Gasteiger partial charge in [0.15, 0.2) is 0 Å². The van der Waals surface area contributed by atoms with Crippen LogP contribution in [0.2, 0.25) is 0 Å². The molecule has 0 saturated carbocycles. The standard InChI is InChI=1S/C29H38N2O6.C2H6/c1-6-29(15-16-31(5)27(35)36-19-28(2,3)4)14-13-23-17-22(11-12-24(23)37-29)20-7-9-21(10-8-20)26(34)30-18-25(32)33;1-2/h7-12,17H,6,13-16,18-19H2,1-5H3,(H,30,34)(H,32,33);1-2H3. The largest absolute Gasteiger partial charge is 0.487 e. The summed E-state index contributed by atoms with van der Waals surface area (Å²) in [5, 5.41) is 11.1. The zero-order valence-electron chi connectivity index (χ0n) is 24.4. The predicted molar refractivity (Wildman–Crippen MR) is 153 cm³/mol. The van der Waals surface area contributed by atoms with Crippen molar-refractivity contribution in [2.75, 3.05) is 26.7 Å². The third kappa shape index (κ3) is 9.30. The number of carbonyl (C=O) groups excluding carboxylic acids is 2. The molecule has 0 bridgehead atoms. The Kier molecular flexibility index (Phi) is 11.4. The van der Waals surface area contributed by atoms with Gasteiger partial charge in [0.1, 0.15) is 17.9 Å². The average Bonchev–Trinajstić information content (AvgIpc) is 2.93. The number of ether oxygens (including phenoxy) is 2. The lowest BCUT2D eigenvalue weighted by atomic mass is 9.85. The van der Waals surface area contributed by atoms with Crippen molar-refractivity contribution in [3.8, 4) is 16.9 Å². The van der Waals surface area contributed by atoms with Crippen molar-refractivity contribution < 1.29 is 29.0 Å². The Morgan fingerprint density at radius 2 is 1.72 bits per heavy atom. The van der Waals surface area contributed by atoms with Gasteiger partial charge in [0.25, 0.3) is 5.91 Å². The molecule has 2 amide bonds. The molecule has 214 valence electrons. The number of carboxylic acids is 1. The quantitative estimate of drug-likeness (QED) is 0.394. The van der Waals surface area contributed by atoms with Crippen LogP contribution >= 0.6 is 0 Å². The van der Waals surface area contributed by atoms with E-state index in [1.54, 1.807) is 24.1 Å². The number of nitrogens with zero attached hydrogens (tertiary/aromatic N) is 1. The number of aliphatic carboxylic acids is 1. The Balaban J connectivity index is 0.00000260. The predicted octanol–water partition coefficient (Wildman–Crippen LogP) is 6.17.